The summed E-state index contributed by atoms with van der Waals surface area (Å²) in [5.74, 6) is 0.299. The molecule has 1 aromatic heterocycles. The van der Waals surface area contributed by atoms with Crippen LogP contribution in [-0.2, 0) is 11.3 Å². The molecule has 2 heterocycles. The van der Waals surface area contributed by atoms with Crippen LogP contribution in [0.1, 0.15) is 38.2 Å². The van der Waals surface area contributed by atoms with Crippen molar-refractivity contribution in [1.29, 1.82) is 0 Å². The van der Waals surface area contributed by atoms with Crippen LogP contribution in [0.3, 0.4) is 0 Å². The Morgan fingerprint density at radius 1 is 1.53 bits per heavy atom. The van der Waals surface area contributed by atoms with Crippen LogP contribution in [0, 0.1) is 0 Å². The highest BCUT2D eigenvalue weighted by molar-refractivity contribution is 5.76. The molecule has 1 unspecified atom stereocenters. The van der Waals surface area contributed by atoms with Crippen molar-refractivity contribution >= 4 is 5.78 Å². The predicted octanol–water partition coefficient (Wildman–Crippen LogP) is 2.42. The summed E-state index contributed by atoms with van der Waals surface area (Å²) < 4.78 is 0. The van der Waals surface area contributed by atoms with E-state index in [1.165, 1.54) is 18.4 Å². The zero-order valence-corrected chi connectivity index (χ0v) is 10.4. The molecule has 1 aromatic rings. The average molecular weight is 232 g/mol. The van der Waals surface area contributed by atoms with Gasteiger partial charge in [-0.2, -0.15) is 0 Å². The van der Waals surface area contributed by atoms with E-state index in [-0.39, 0.29) is 0 Å². The monoisotopic (exact) mass is 232 g/mol. The number of hydrogen-bond donors (Lipinski definition) is 0. The first-order chi connectivity index (χ1) is 8.25. The summed E-state index contributed by atoms with van der Waals surface area (Å²) in [7, 11) is 0. The standard InChI is InChI=1S/C14H20N2O/c1-12(17)9-14-6-2-3-8-16(14)11-13-5-4-7-15-10-13/h4-5,7,10,14H,2-3,6,8-9,11H2,1H3. The topological polar surface area (TPSA) is 33.2 Å². The molecule has 92 valence electrons. The first kappa shape index (κ1) is 12.2. The lowest BCUT2D eigenvalue weighted by Crippen LogP contribution is -2.39. The van der Waals surface area contributed by atoms with Crippen molar-refractivity contribution in [2.75, 3.05) is 6.54 Å². The van der Waals surface area contributed by atoms with E-state index < -0.39 is 0 Å². The Balaban J connectivity index is 1.99. The van der Waals surface area contributed by atoms with Gasteiger partial charge >= 0.3 is 0 Å². The maximum Gasteiger partial charge on any atom is 0.131 e. The van der Waals surface area contributed by atoms with Gasteiger partial charge in [-0.05, 0) is 37.9 Å². The van der Waals surface area contributed by atoms with E-state index >= 15 is 0 Å². The molecule has 17 heavy (non-hydrogen) atoms. The summed E-state index contributed by atoms with van der Waals surface area (Å²) in [4.78, 5) is 17.8. The number of carbonyl (C=O) groups is 1. The Labute approximate surface area is 103 Å². The van der Waals surface area contributed by atoms with E-state index in [0.717, 1.165) is 19.5 Å². The molecule has 1 aliphatic heterocycles. The second-order valence-electron chi connectivity index (χ2n) is 4.89. The van der Waals surface area contributed by atoms with Crippen molar-refractivity contribution in [3.05, 3.63) is 30.1 Å². The van der Waals surface area contributed by atoms with Crippen LogP contribution in [0.25, 0.3) is 0 Å². The van der Waals surface area contributed by atoms with Crippen molar-refractivity contribution in [1.82, 2.24) is 9.88 Å². The fraction of sp³-hybridized carbons (Fsp3) is 0.571. The highest BCUT2D eigenvalue weighted by atomic mass is 16.1. The molecule has 0 aliphatic carbocycles. The molecular formula is C14H20N2O. The van der Waals surface area contributed by atoms with E-state index in [9.17, 15) is 4.79 Å². The highest BCUT2D eigenvalue weighted by Gasteiger charge is 2.23. The summed E-state index contributed by atoms with van der Waals surface area (Å²) in [6.45, 7) is 3.72. The summed E-state index contributed by atoms with van der Waals surface area (Å²) in [6.07, 6.45) is 8.06. The molecule has 3 nitrogen and oxygen atoms in total. The van der Waals surface area contributed by atoms with Crippen LogP contribution in [0.2, 0.25) is 0 Å². The minimum Gasteiger partial charge on any atom is -0.300 e. The Bertz CT molecular complexity index is 364. The van der Waals surface area contributed by atoms with Gasteiger partial charge in [-0.1, -0.05) is 12.5 Å². The molecule has 0 bridgehead atoms. The van der Waals surface area contributed by atoms with Gasteiger partial charge in [0.25, 0.3) is 0 Å². The Morgan fingerprint density at radius 2 is 2.41 bits per heavy atom. The lowest BCUT2D eigenvalue weighted by atomic mass is 9.97. The number of likely N-dealkylation sites (tertiary alicyclic amines) is 1. The quantitative estimate of drug-likeness (QED) is 0.799. The van der Waals surface area contributed by atoms with E-state index in [1.807, 2.05) is 12.3 Å². The molecule has 1 aliphatic rings. The number of rotatable bonds is 4. The highest BCUT2D eigenvalue weighted by Crippen LogP contribution is 2.21. The van der Waals surface area contributed by atoms with Crippen LogP contribution in [-0.4, -0.2) is 28.3 Å². The largest absolute Gasteiger partial charge is 0.300 e. The second kappa shape index (κ2) is 5.92. The van der Waals surface area contributed by atoms with Gasteiger partial charge < -0.3 is 0 Å². The zero-order valence-electron chi connectivity index (χ0n) is 10.4. The molecule has 0 radical (unpaired) electrons. The molecule has 0 amide bonds. The van der Waals surface area contributed by atoms with Gasteiger partial charge in [0.15, 0.2) is 0 Å². The van der Waals surface area contributed by atoms with Crippen LogP contribution < -0.4 is 0 Å². The zero-order chi connectivity index (χ0) is 12.1. The van der Waals surface area contributed by atoms with Gasteiger partial charge in [0.1, 0.15) is 5.78 Å². The molecule has 0 N–H and O–H groups in total. The minimum absolute atomic E-state index is 0.299. The van der Waals surface area contributed by atoms with Crippen LogP contribution in [0.5, 0.6) is 0 Å². The summed E-state index contributed by atoms with van der Waals surface area (Å²) in [5.41, 5.74) is 1.24. The first-order valence-electron chi connectivity index (χ1n) is 6.38. The van der Waals surface area contributed by atoms with Crippen molar-refractivity contribution < 1.29 is 4.79 Å². The molecule has 1 saturated heterocycles. The van der Waals surface area contributed by atoms with Gasteiger partial charge in [0, 0.05) is 31.4 Å². The van der Waals surface area contributed by atoms with Crippen molar-refractivity contribution in [3.63, 3.8) is 0 Å². The minimum atomic E-state index is 0.299. The predicted molar refractivity (Wildman–Crippen MR) is 67.6 cm³/mol. The molecule has 0 aromatic carbocycles. The molecular weight excluding hydrogens is 212 g/mol. The molecule has 0 saturated carbocycles. The number of aromatic nitrogens is 1. The van der Waals surface area contributed by atoms with Gasteiger partial charge in [-0.15, -0.1) is 0 Å². The number of Topliss-reactive ketones (excluding diaryl/α,β-unsaturated/α-hetero) is 1. The summed E-state index contributed by atoms with van der Waals surface area (Å²) in [5, 5.41) is 0. The SMILES string of the molecule is CC(=O)CC1CCCCN1Cc1cccnc1. The van der Waals surface area contributed by atoms with Gasteiger partial charge in [-0.3, -0.25) is 14.7 Å². The van der Waals surface area contributed by atoms with Crippen LogP contribution in [0.15, 0.2) is 24.5 Å². The fourth-order valence-electron chi connectivity index (χ4n) is 2.56. The molecule has 2 rings (SSSR count). The Hall–Kier alpha value is -1.22. The van der Waals surface area contributed by atoms with E-state index in [2.05, 4.69) is 16.0 Å². The Kier molecular flexibility index (Phi) is 4.26. The number of pyridine rings is 1. The molecule has 3 heteroatoms. The van der Waals surface area contributed by atoms with Gasteiger partial charge in [0.05, 0.1) is 0 Å². The molecule has 1 fully saturated rings. The first-order valence-corrected chi connectivity index (χ1v) is 6.38. The van der Waals surface area contributed by atoms with Crippen molar-refractivity contribution in [2.24, 2.45) is 0 Å². The van der Waals surface area contributed by atoms with Gasteiger partial charge in [-0.25, -0.2) is 0 Å². The normalized spacial score (nSPS) is 21.4. The van der Waals surface area contributed by atoms with E-state index in [1.54, 1.807) is 13.1 Å². The second-order valence-corrected chi connectivity index (χ2v) is 4.89. The maximum atomic E-state index is 11.3. The summed E-state index contributed by atoms with van der Waals surface area (Å²) in [6, 6.07) is 4.51. The number of piperidine rings is 1. The summed E-state index contributed by atoms with van der Waals surface area (Å²) >= 11 is 0. The third-order valence-corrected chi connectivity index (χ3v) is 3.38. The van der Waals surface area contributed by atoms with E-state index in [0.29, 0.717) is 18.2 Å². The number of carbonyl (C=O) groups excluding carboxylic acids is 1. The fourth-order valence-corrected chi connectivity index (χ4v) is 2.56. The van der Waals surface area contributed by atoms with Crippen molar-refractivity contribution in [2.45, 2.75) is 45.2 Å². The number of hydrogen-bond acceptors (Lipinski definition) is 3. The van der Waals surface area contributed by atoms with Crippen LogP contribution in [0.4, 0.5) is 0 Å². The third-order valence-electron chi connectivity index (χ3n) is 3.38. The molecule has 1 atom stereocenters. The van der Waals surface area contributed by atoms with E-state index in [4.69, 9.17) is 0 Å². The lowest BCUT2D eigenvalue weighted by Gasteiger charge is -2.35. The third kappa shape index (κ3) is 3.63. The van der Waals surface area contributed by atoms with Crippen LogP contribution >= 0.6 is 0 Å². The lowest BCUT2D eigenvalue weighted by molar-refractivity contribution is -0.118. The van der Waals surface area contributed by atoms with Crippen molar-refractivity contribution in [3.8, 4) is 0 Å². The number of nitrogens with zero attached hydrogens (tertiary/aromatic N) is 2. The average Bonchev–Trinajstić information content (AvgIpc) is 2.32. The molecule has 0 spiro atoms. The maximum absolute atomic E-state index is 11.3. The Morgan fingerprint density at radius 3 is 3.12 bits per heavy atom. The number of ketones is 1. The van der Waals surface area contributed by atoms with Gasteiger partial charge in [0.2, 0.25) is 0 Å². The smallest absolute Gasteiger partial charge is 0.131 e.